The summed E-state index contributed by atoms with van der Waals surface area (Å²) in [6, 6.07) is 14.9. The standard InChI is InChI=1S/C19H21N3O3S/c1-19(2,3)15-7-9-17(10-8-15)26(24,25)21-13-18(23)22-16-6-4-5-14(11-16)12-20/h4-11,21H,13H2,1-3H3,(H,22,23). The van der Waals surface area contributed by atoms with E-state index in [2.05, 4.69) is 10.0 Å². The number of amides is 1. The third-order valence-corrected chi connectivity index (χ3v) is 5.15. The first kappa shape index (κ1) is 19.6. The fourth-order valence-corrected chi connectivity index (χ4v) is 3.23. The summed E-state index contributed by atoms with van der Waals surface area (Å²) >= 11 is 0. The number of benzene rings is 2. The van der Waals surface area contributed by atoms with Crippen LogP contribution in [-0.4, -0.2) is 20.9 Å². The number of hydrogen-bond acceptors (Lipinski definition) is 4. The van der Waals surface area contributed by atoms with Crippen LogP contribution in [0.2, 0.25) is 0 Å². The molecule has 7 heteroatoms. The van der Waals surface area contributed by atoms with Gasteiger partial charge in [0.05, 0.1) is 23.1 Å². The van der Waals surface area contributed by atoms with Crippen molar-refractivity contribution < 1.29 is 13.2 Å². The normalized spacial score (nSPS) is 11.6. The van der Waals surface area contributed by atoms with Crippen LogP contribution >= 0.6 is 0 Å². The molecule has 6 nitrogen and oxygen atoms in total. The molecule has 136 valence electrons. The number of nitrogens with one attached hydrogen (secondary N) is 2. The van der Waals surface area contributed by atoms with Crippen LogP contribution in [0.3, 0.4) is 0 Å². The van der Waals surface area contributed by atoms with E-state index in [-0.39, 0.29) is 10.3 Å². The average molecular weight is 371 g/mol. The van der Waals surface area contributed by atoms with Crippen molar-refractivity contribution in [3.05, 3.63) is 59.7 Å². The molecule has 2 aromatic rings. The van der Waals surface area contributed by atoms with E-state index >= 15 is 0 Å². The SMILES string of the molecule is CC(C)(C)c1ccc(S(=O)(=O)NCC(=O)Nc2cccc(C#N)c2)cc1. The Kier molecular flexibility index (Phi) is 5.80. The largest absolute Gasteiger partial charge is 0.325 e. The minimum absolute atomic E-state index is 0.0758. The highest BCUT2D eigenvalue weighted by Gasteiger charge is 2.18. The van der Waals surface area contributed by atoms with Crippen LogP contribution in [0.1, 0.15) is 31.9 Å². The zero-order valence-corrected chi connectivity index (χ0v) is 15.7. The zero-order valence-electron chi connectivity index (χ0n) is 14.9. The van der Waals surface area contributed by atoms with Gasteiger partial charge in [-0.3, -0.25) is 4.79 Å². The maximum atomic E-state index is 12.3. The predicted molar refractivity (Wildman–Crippen MR) is 100 cm³/mol. The monoisotopic (exact) mass is 371 g/mol. The Morgan fingerprint density at radius 2 is 1.77 bits per heavy atom. The first-order chi connectivity index (χ1) is 12.1. The van der Waals surface area contributed by atoms with Crippen molar-refractivity contribution in [1.82, 2.24) is 4.72 Å². The third kappa shape index (κ3) is 5.15. The second kappa shape index (κ2) is 7.68. The predicted octanol–water partition coefficient (Wildman–Crippen LogP) is 2.77. The lowest BCUT2D eigenvalue weighted by atomic mass is 9.87. The van der Waals surface area contributed by atoms with Crippen LogP contribution in [-0.2, 0) is 20.2 Å². The first-order valence-corrected chi connectivity index (χ1v) is 9.50. The van der Waals surface area contributed by atoms with Gasteiger partial charge < -0.3 is 5.32 Å². The quantitative estimate of drug-likeness (QED) is 0.844. The number of anilines is 1. The Bertz CT molecular complexity index is 937. The van der Waals surface area contributed by atoms with Gasteiger partial charge in [-0.1, -0.05) is 39.0 Å². The van der Waals surface area contributed by atoms with Gasteiger partial charge in [0.25, 0.3) is 0 Å². The smallest absolute Gasteiger partial charge is 0.241 e. The lowest BCUT2D eigenvalue weighted by Crippen LogP contribution is -2.33. The number of sulfonamides is 1. The van der Waals surface area contributed by atoms with E-state index in [1.165, 1.54) is 18.2 Å². The van der Waals surface area contributed by atoms with Gasteiger partial charge in [0, 0.05) is 5.69 Å². The second-order valence-corrected chi connectivity index (χ2v) is 8.61. The van der Waals surface area contributed by atoms with E-state index < -0.39 is 22.5 Å². The van der Waals surface area contributed by atoms with Gasteiger partial charge in [0.2, 0.25) is 15.9 Å². The number of carbonyl (C=O) groups is 1. The van der Waals surface area contributed by atoms with Crippen molar-refractivity contribution in [3.8, 4) is 6.07 Å². The topological polar surface area (TPSA) is 99.1 Å². The van der Waals surface area contributed by atoms with Crippen LogP contribution in [0.5, 0.6) is 0 Å². The average Bonchev–Trinajstić information content (AvgIpc) is 2.59. The molecular formula is C19H21N3O3S. The Hall–Kier alpha value is -2.69. The lowest BCUT2D eigenvalue weighted by Gasteiger charge is -2.19. The Labute approximate surface area is 153 Å². The molecular weight excluding hydrogens is 350 g/mol. The molecule has 26 heavy (non-hydrogen) atoms. The molecule has 2 N–H and O–H groups in total. The summed E-state index contributed by atoms with van der Waals surface area (Å²) in [5, 5.41) is 11.4. The molecule has 0 aliphatic rings. The summed E-state index contributed by atoms with van der Waals surface area (Å²) in [7, 11) is -3.79. The minimum atomic E-state index is -3.79. The summed E-state index contributed by atoms with van der Waals surface area (Å²) in [6.07, 6.45) is 0. The maximum Gasteiger partial charge on any atom is 0.241 e. The molecule has 1 amide bonds. The number of carbonyl (C=O) groups excluding carboxylic acids is 1. The van der Waals surface area contributed by atoms with Gasteiger partial charge in [-0.2, -0.15) is 5.26 Å². The number of rotatable bonds is 5. The van der Waals surface area contributed by atoms with E-state index in [1.807, 2.05) is 26.8 Å². The van der Waals surface area contributed by atoms with Crippen LogP contribution in [0, 0.1) is 11.3 Å². The van der Waals surface area contributed by atoms with Gasteiger partial charge in [0.15, 0.2) is 0 Å². The molecule has 2 aromatic carbocycles. The summed E-state index contributed by atoms with van der Waals surface area (Å²) in [4.78, 5) is 12.1. The number of nitrogens with zero attached hydrogens (tertiary/aromatic N) is 1. The van der Waals surface area contributed by atoms with Crippen LogP contribution in [0.15, 0.2) is 53.4 Å². The van der Waals surface area contributed by atoms with E-state index in [9.17, 15) is 13.2 Å². The van der Waals surface area contributed by atoms with Crippen LogP contribution < -0.4 is 10.0 Å². The summed E-state index contributed by atoms with van der Waals surface area (Å²) < 4.78 is 26.9. The highest BCUT2D eigenvalue weighted by Crippen LogP contribution is 2.23. The molecule has 0 unspecified atom stereocenters. The van der Waals surface area contributed by atoms with Gasteiger partial charge in [-0.05, 0) is 41.3 Å². The molecule has 0 saturated carbocycles. The molecule has 0 aliphatic heterocycles. The Balaban J connectivity index is 2.01. The molecule has 0 aromatic heterocycles. The molecule has 0 spiro atoms. The minimum Gasteiger partial charge on any atom is -0.325 e. The Morgan fingerprint density at radius 3 is 2.35 bits per heavy atom. The van der Waals surface area contributed by atoms with Gasteiger partial charge in [-0.25, -0.2) is 13.1 Å². The fourth-order valence-electron chi connectivity index (χ4n) is 2.25. The van der Waals surface area contributed by atoms with Crippen molar-refractivity contribution in [3.63, 3.8) is 0 Å². The first-order valence-electron chi connectivity index (χ1n) is 8.02. The second-order valence-electron chi connectivity index (χ2n) is 6.84. The van der Waals surface area contributed by atoms with E-state index in [0.29, 0.717) is 11.3 Å². The summed E-state index contributed by atoms with van der Waals surface area (Å²) in [5.41, 5.74) is 1.78. The number of hydrogen-bond donors (Lipinski definition) is 2. The Morgan fingerprint density at radius 1 is 1.12 bits per heavy atom. The number of nitriles is 1. The maximum absolute atomic E-state index is 12.3. The lowest BCUT2D eigenvalue weighted by molar-refractivity contribution is -0.115. The van der Waals surface area contributed by atoms with Gasteiger partial charge >= 0.3 is 0 Å². The van der Waals surface area contributed by atoms with E-state index in [1.54, 1.807) is 30.3 Å². The molecule has 0 heterocycles. The molecule has 0 radical (unpaired) electrons. The summed E-state index contributed by atoms with van der Waals surface area (Å²) in [5.74, 6) is -0.519. The van der Waals surface area contributed by atoms with E-state index in [0.717, 1.165) is 5.56 Å². The van der Waals surface area contributed by atoms with E-state index in [4.69, 9.17) is 5.26 Å². The van der Waals surface area contributed by atoms with Gasteiger partial charge in [0.1, 0.15) is 0 Å². The van der Waals surface area contributed by atoms with Crippen LogP contribution in [0.25, 0.3) is 0 Å². The highest BCUT2D eigenvalue weighted by molar-refractivity contribution is 7.89. The fraction of sp³-hybridized carbons (Fsp3) is 0.263. The summed E-state index contributed by atoms with van der Waals surface area (Å²) in [6.45, 7) is 5.72. The van der Waals surface area contributed by atoms with Gasteiger partial charge in [-0.15, -0.1) is 0 Å². The van der Waals surface area contributed by atoms with Crippen molar-refractivity contribution in [1.29, 1.82) is 5.26 Å². The van der Waals surface area contributed by atoms with Crippen LogP contribution in [0.4, 0.5) is 5.69 Å². The molecule has 0 saturated heterocycles. The zero-order chi connectivity index (χ0) is 19.4. The molecule has 0 atom stereocenters. The van der Waals surface area contributed by atoms with Crippen molar-refractivity contribution in [2.24, 2.45) is 0 Å². The van der Waals surface area contributed by atoms with Crippen molar-refractivity contribution in [2.75, 3.05) is 11.9 Å². The third-order valence-electron chi connectivity index (χ3n) is 3.73. The van der Waals surface area contributed by atoms with Crippen molar-refractivity contribution >= 4 is 21.6 Å². The molecule has 0 bridgehead atoms. The van der Waals surface area contributed by atoms with Crippen molar-refractivity contribution in [2.45, 2.75) is 31.1 Å². The molecule has 0 aliphatic carbocycles. The molecule has 2 rings (SSSR count). The molecule has 0 fully saturated rings. The highest BCUT2D eigenvalue weighted by atomic mass is 32.2.